The van der Waals surface area contributed by atoms with Gasteiger partial charge in [-0.1, -0.05) is 41.9 Å². The Bertz CT molecular complexity index is 1040. The number of hydrogen-bond acceptors (Lipinski definition) is 4. The SMILES string of the molecule is CN(C1CCN(C(=O)C(Cc2ccccc2)NC(=O)c2ccc(Cl)cc2)CC1)S(C)(=O)=O. The van der Waals surface area contributed by atoms with Crippen LogP contribution in [0.15, 0.2) is 54.6 Å². The molecule has 0 saturated carbocycles. The lowest BCUT2D eigenvalue weighted by atomic mass is 10.0. The van der Waals surface area contributed by atoms with Gasteiger partial charge in [0.2, 0.25) is 15.9 Å². The average Bonchev–Trinajstić information content (AvgIpc) is 2.78. The number of amides is 2. The highest BCUT2D eigenvalue weighted by atomic mass is 35.5. The molecule has 1 fully saturated rings. The van der Waals surface area contributed by atoms with Crippen molar-refractivity contribution in [1.29, 1.82) is 0 Å². The molecule has 2 aromatic carbocycles. The lowest BCUT2D eigenvalue weighted by Gasteiger charge is -2.37. The molecule has 0 aromatic heterocycles. The Kier molecular flexibility index (Phi) is 7.92. The van der Waals surface area contributed by atoms with E-state index in [0.717, 1.165) is 5.56 Å². The zero-order valence-electron chi connectivity index (χ0n) is 18.2. The number of nitrogens with one attached hydrogen (secondary N) is 1. The number of piperidine rings is 1. The van der Waals surface area contributed by atoms with Gasteiger partial charge < -0.3 is 10.2 Å². The van der Waals surface area contributed by atoms with E-state index in [9.17, 15) is 18.0 Å². The van der Waals surface area contributed by atoms with Crippen LogP contribution in [-0.2, 0) is 21.2 Å². The molecule has 0 aliphatic carbocycles. The Morgan fingerprint density at radius 1 is 1.09 bits per heavy atom. The normalized spacial score (nSPS) is 16.1. The van der Waals surface area contributed by atoms with E-state index in [-0.39, 0.29) is 17.9 Å². The third-order valence-electron chi connectivity index (χ3n) is 5.81. The van der Waals surface area contributed by atoms with Crippen LogP contribution >= 0.6 is 11.6 Å². The number of hydrogen-bond donors (Lipinski definition) is 1. The Morgan fingerprint density at radius 2 is 1.69 bits per heavy atom. The number of halogens is 1. The van der Waals surface area contributed by atoms with Gasteiger partial charge in [-0.3, -0.25) is 9.59 Å². The number of nitrogens with zero attached hydrogens (tertiary/aromatic N) is 2. The summed E-state index contributed by atoms with van der Waals surface area (Å²) in [5, 5.41) is 3.41. The summed E-state index contributed by atoms with van der Waals surface area (Å²) in [7, 11) is -1.71. The van der Waals surface area contributed by atoms with Crippen LogP contribution in [0.1, 0.15) is 28.8 Å². The topological polar surface area (TPSA) is 86.8 Å². The Balaban J connectivity index is 1.72. The summed E-state index contributed by atoms with van der Waals surface area (Å²) < 4.78 is 25.0. The Labute approximate surface area is 194 Å². The molecule has 1 unspecified atom stereocenters. The van der Waals surface area contributed by atoms with Gasteiger partial charge in [-0.05, 0) is 42.7 Å². The summed E-state index contributed by atoms with van der Waals surface area (Å²) in [5.74, 6) is -0.515. The number of carbonyl (C=O) groups is 2. The maximum Gasteiger partial charge on any atom is 0.251 e. The van der Waals surface area contributed by atoms with E-state index >= 15 is 0 Å². The standard InChI is InChI=1S/C23H28ClN3O4S/c1-26(32(2,30)31)20-12-14-27(15-13-20)23(29)21(16-17-6-4-3-5-7-17)25-22(28)18-8-10-19(24)11-9-18/h3-11,20-21H,12-16H2,1-2H3,(H,25,28). The molecule has 0 bridgehead atoms. The van der Waals surface area contributed by atoms with Crippen LogP contribution < -0.4 is 5.32 Å². The van der Waals surface area contributed by atoms with Crippen molar-refractivity contribution >= 4 is 33.4 Å². The van der Waals surface area contributed by atoms with Crippen LogP contribution in [-0.4, -0.2) is 67.9 Å². The van der Waals surface area contributed by atoms with Crippen LogP contribution in [0.25, 0.3) is 0 Å². The van der Waals surface area contributed by atoms with Crippen molar-refractivity contribution in [2.24, 2.45) is 0 Å². The largest absolute Gasteiger partial charge is 0.341 e. The molecule has 0 radical (unpaired) electrons. The highest BCUT2D eigenvalue weighted by molar-refractivity contribution is 7.88. The minimum atomic E-state index is -3.28. The van der Waals surface area contributed by atoms with Crippen molar-refractivity contribution in [3.8, 4) is 0 Å². The van der Waals surface area contributed by atoms with Crippen molar-refractivity contribution in [1.82, 2.24) is 14.5 Å². The third-order valence-corrected chi connectivity index (χ3v) is 7.40. The summed E-state index contributed by atoms with van der Waals surface area (Å²) in [6, 6.07) is 15.2. The zero-order valence-corrected chi connectivity index (χ0v) is 19.8. The van der Waals surface area contributed by atoms with Gasteiger partial charge >= 0.3 is 0 Å². The summed E-state index contributed by atoms with van der Waals surface area (Å²) in [4.78, 5) is 27.9. The van der Waals surface area contributed by atoms with Crippen LogP contribution in [0.5, 0.6) is 0 Å². The van der Waals surface area contributed by atoms with E-state index in [1.807, 2.05) is 30.3 Å². The fourth-order valence-electron chi connectivity index (χ4n) is 3.83. The zero-order chi connectivity index (χ0) is 23.3. The fraction of sp³-hybridized carbons (Fsp3) is 0.391. The monoisotopic (exact) mass is 477 g/mol. The number of likely N-dealkylation sites (tertiary alicyclic amines) is 1. The summed E-state index contributed by atoms with van der Waals surface area (Å²) in [6.45, 7) is 0.872. The van der Waals surface area contributed by atoms with Crippen molar-refractivity contribution in [3.63, 3.8) is 0 Å². The van der Waals surface area contributed by atoms with E-state index < -0.39 is 16.1 Å². The molecule has 1 aliphatic rings. The molecule has 1 atom stereocenters. The molecule has 172 valence electrons. The van der Waals surface area contributed by atoms with Gasteiger partial charge in [-0.25, -0.2) is 12.7 Å². The smallest absolute Gasteiger partial charge is 0.251 e. The van der Waals surface area contributed by atoms with Crippen molar-refractivity contribution in [2.75, 3.05) is 26.4 Å². The van der Waals surface area contributed by atoms with E-state index in [1.165, 1.54) is 10.6 Å². The van der Waals surface area contributed by atoms with Crippen LogP contribution in [0.2, 0.25) is 5.02 Å². The second kappa shape index (κ2) is 10.5. The molecular formula is C23H28ClN3O4S. The van der Waals surface area contributed by atoms with Gasteiger partial charge in [0.1, 0.15) is 6.04 Å². The molecule has 1 heterocycles. The van der Waals surface area contributed by atoms with Gasteiger partial charge in [-0.15, -0.1) is 0 Å². The summed E-state index contributed by atoms with van der Waals surface area (Å²) in [5.41, 5.74) is 1.36. The second-order valence-electron chi connectivity index (χ2n) is 8.06. The quantitative estimate of drug-likeness (QED) is 0.664. The predicted molar refractivity (Wildman–Crippen MR) is 125 cm³/mol. The van der Waals surface area contributed by atoms with Crippen LogP contribution in [0.3, 0.4) is 0 Å². The van der Waals surface area contributed by atoms with E-state index in [2.05, 4.69) is 5.32 Å². The van der Waals surface area contributed by atoms with E-state index in [4.69, 9.17) is 11.6 Å². The highest BCUT2D eigenvalue weighted by Crippen LogP contribution is 2.19. The minimum absolute atomic E-state index is 0.134. The highest BCUT2D eigenvalue weighted by Gasteiger charge is 2.32. The summed E-state index contributed by atoms with van der Waals surface area (Å²) in [6.07, 6.45) is 2.66. The fourth-order valence-corrected chi connectivity index (χ4v) is 4.71. The first-order valence-electron chi connectivity index (χ1n) is 10.5. The molecule has 2 amide bonds. The minimum Gasteiger partial charge on any atom is -0.341 e. The number of benzene rings is 2. The molecule has 1 saturated heterocycles. The maximum absolute atomic E-state index is 13.4. The van der Waals surface area contributed by atoms with Gasteiger partial charge in [-0.2, -0.15) is 0 Å². The number of rotatable bonds is 7. The Hall–Kier alpha value is -2.42. The lowest BCUT2D eigenvalue weighted by Crippen LogP contribution is -2.53. The van der Waals surface area contributed by atoms with Crippen LogP contribution in [0.4, 0.5) is 0 Å². The second-order valence-corrected chi connectivity index (χ2v) is 10.5. The molecule has 0 spiro atoms. The molecular weight excluding hydrogens is 450 g/mol. The van der Waals surface area contributed by atoms with Gasteiger partial charge in [0.25, 0.3) is 5.91 Å². The molecule has 32 heavy (non-hydrogen) atoms. The molecule has 2 aromatic rings. The molecule has 9 heteroatoms. The Morgan fingerprint density at radius 3 is 2.25 bits per heavy atom. The van der Waals surface area contributed by atoms with E-state index in [0.29, 0.717) is 42.9 Å². The molecule has 3 rings (SSSR count). The van der Waals surface area contributed by atoms with Gasteiger partial charge in [0.05, 0.1) is 6.26 Å². The third kappa shape index (κ3) is 6.31. The first-order valence-corrected chi connectivity index (χ1v) is 12.7. The molecule has 7 nitrogen and oxygen atoms in total. The first-order chi connectivity index (χ1) is 15.1. The maximum atomic E-state index is 13.4. The van der Waals surface area contributed by atoms with Gasteiger partial charge in [0, 0.05) is 43.2 Å². The number of carbonyl (C=O) groups excluding carboxylic acids is 2. The van der Waals surface area contributed by atoms with Crippen molar-refractivity contribution in [2.45, 2.75) is 31.3 Å². The average molecular weight is 478 g/mol. The number of sulfonamides is 1. The predicted octanol–water partition coefficient (Wildman–Crippen LogP) is 2.56. The molecule has 1 N–H and O–H groups in total. The van der Waals surface area contributed by atoms with Crippen molar-refractivity contribution < 1.29 is 18.0 Å². The van der Waals surface area contributed by atoms with Crippen LogP contribution in [0, 0.1) is 0 Å². The first kappa shape index (κ1) is 24.2. The molecule has 1 aliphatic heterocycles. The van der Waals surface area contributed by atoms with Crippen molar-refractivity contribution in [3.05, 3.63) is 70.7 Å². The lowest BCUT2D eigenvalue weighted by molar-refractivity contribution is -0.134. The van der Waals surface area contributed by atoms with Gasteiger partial charge in [0.15, 0.2) is 0 Å². The van der Waals surface area contributed by atoms with E-state index in [1.54, 1.807) is 36.2 Å². The summed E-state index contributed by atoms with van der Waals surface area (Å²) >= 11 is 5.91.